The first-order chi connectivity index (χ1) is 8.35. The van der Waals surface area contributed by atoms with Crippen LogP contribution in [0.1, 0.15) is 0 Å². The second-order valence-electron chi connectivity index (χ2n) is 3.86. The molecule has 0 rings (SSSR count). The van der Waals surface area contributed by atoms with E-state index in [4.69, 9.17) is 4.74 Å². The molecular formula is C10H20F3N3O2. The maximum atomic E-state index is 11.8. The number of likely N-dealkylation sites (N-methyl/N-ethyl adjacent to an activating group) is 1. The fourth-order valence-corrected chi connectivity index (χ4v) is 1.09. The number of alkyl halides is 3. The highest BCUT2D eigenvalue weighted by molar-refractivity contribution is 5.77. The molecule has 0 heterocycles. The number of carbonyl (C=O) groups is 1. The summed E-state index contributed by atoms with van der Waals surface area (Å²) in [4.78, 5) is 13.0. The molecule has 0 atom stereocenters. The molecule has 0 spiro atoms. The molecule has 0 aliphatic carbocycles. The van der Waals surface area contributed by atoms with Crippen molar-refractivity contribution in [1.82, 2.24) is 15.5 Å². The molecule has 0 aliphatic rings. The Balaban J connectivity index is 3.46. The minimum absolute atomic E-state index is 0.117. The molecule has 0 aromatic carbocycles. The fourth-order valence-electron chi connectivity index (χ4n) is 1.09. The third-order valence-corrected chi connectivity index (χ3v) is 2.12. The fraction of sp³-hybridized carbons (Fsp3) is 0.900. The quantitative estimate of drug-likeness (QED) is 0.572. The minimum Gasteiger partial charge on any atom is -0.383 e. The van der Waals surface area contributed by atoms with Crippen molar-refractivity contribution in [2.75, 3.05) is 53.5 Å². The molecule has 0 aromatic rings. The van der Waals surface area contributed by atoms with E-state index in [1.54, 1.807) is 12.4 Å². The molecule has 18 heavy (non-hydrogen) atoms. The van der Waals surface area contributed by atoms with Crippen LogP contribution in [0.3, 0.4) is 0 Å². The van der Waals surface area contributed by atoms with Crippen molar-refractivity contribution >= 4 is 5.91 Å². The van der Waals surface area contributed by atoms with E-state index in [0.717, 1.165) is 6.54 Å². The lowest BCUT2D eigenvalue weighted by Crippen LogP contribution is -2.41. The zero-order valence-electron chi connectivity index (χ0n) is 10.6. The van der Waals surface area contributed by atoms with Gasteiger partial charge in [-0.2, -0.15) is 13.2 Å². The van der Waals surface area contributed by atoms with Gasteiger partial charge in [0.25, 0.3) is 0 Å². The summed E-state index contributed by atoms with van der Waals surface area (Å²) < 4.78 is 40.2. The smallest absolute Gasteiger partial charge is 0.383 e. The van der Waals surface area contributed by atoms with E-state index in [1.807, 2.05) is 11.9 Å². The van der Waals surface area contributed by atoms with E-state index in [1.165, 1.54) is 0 Å². The average molecular weight is 271 g/mol. The van der Waals surface area contributed by atoms with Gasteiger partial charge < -0.3 is 20.3 Å². The van der Waals surface area contributed by atoms with Gasteiger partial charge in [-0.3, -0.25) is 4.79 Å². The van der Waals surface area contributed by atoms with Gasteiger partial charge in [-0.15, -0.1) is 0 Å². The Morgan fingerprint density at radius 3 is 2.56 bits per heavy atom. The molecular weight excluding hydrogens is 251 g/mol. The Hall–Kier alpha value is -0.860. The van der Waals surface area contributed by atoms with Gasteiger partial charge in [0.1, 0.15) is 6.54 Å². The van der Waals surface area contributed by atoms with E-state index in [2.05, 4.69) is 5.32 Å². The number of methoxy groups -OCH3 is 1. The molecule has 0 aliphatic heterocycles. The molecule has 0 saturated carbocycles. The number of nitrogens with zero attached hydrogens (tertiary/aromatic N) is 1. The van der Waals surface area contributed by atoms with Crippen molar-refractivity contribution in [2.24, 2.45) is 0 Å². The van der Waals surface area contributed by atoms with Crippen LogP contribution in [0.15, 0.2) is 0 Å². The van der Waals surface area contributed by atoms with Crippen LogP contribution in [0.2, 0.25) is 0 Å². The van der Waals surface area contributed by atoms with Gasteiger partial charge in [-0.05, 0) is 7.05 Å². The number of carbonyl (C=O) groups excluding carboxylic acids is 1. The Bertz CT molecular complexity index is 237. The summed E-state index contributed by atoms with van der Waals surface area (Å²) in [6, 6.07) is 0. The Morgan fingerprint density at radius 2 is 2.00 bits per heavy atom. The van der Waals surface area contributed by atoms with Crippen LogP contribution >= 0.6 is 0 Å². The molecule has 0 radical (unpaired) electrons. The topological polar surface area (TPSA) is 53.6 Å². The maximum absolute atomic E-state index is 11.8. The van der Waals surface area contributed by atoms with E-state index in [9.17, 15) is 18.0 Å². The first-order valence-corrected chi connectivity index (χ1v) is 5.57. The standard InChI is InChI=1S/C10H20F3N3O2/c1-16(5-6-18-2)4-3-14-7-9(17)15-8-10(11,12)13/h14H,3-8H2,1-2H3,(H,15,17). The molecule has 5 nitrogen and oxygen atoms in total. The van der Waals surface area contributed by atoms with Crippen molar-refractivity contribution in [3.05, 3.63) is 0 Å². The van der Waals surface area contributed by atoms with Crippen LogP contribution < -0.4 is 10.6 Å². The van der Waals surface area contributed by atoms with Crippen molar-refractivity contribution in [2.45, 2.75) is 6.18 Å². The third-order valence-electron chi connectivity index (χ3n) is 2.12. The van der Waals surface area contributed by atoms with E-state index in [-0.39, 0.29) is 6.54 Å². The predicted molar refractivity (Wildman–Crippen MR) is 61.3 cm³/mol. The summed E-state index contributed by atoms with van der Waals surface area (Å²) in [6.45, 7) is 1.19. The van der Waals surface area contributed by atoms with Crippen molar-refractivity contribution in [3.8, 4) is 0 Å². The number of halogens is 3. The van der Waals surface area contributed by atoms with Gasteiger partial charge in [-0.1, -0.05) is 0 Å². The summed E-state index contributed by atoms with van der Waals surface area (Å²) in [7, 11) is 3.50. The maximum Gasteiger partial charge on any atom is 0.405 e. The second kappa shape index (κ2) is 9.12. The number of ether oxygens (including phenoxy) is 1. The molecule has 0 bridgehead atoms. The molecule has 2 N–H and O–H groups in total. The largest absolute Gasteiger partial charge is 0.405 e. The monoisotopic (exact) mass is 271 g/mol. The van der Waals surface area contributed by atoms with Crippen molar-refractivity contribution in [1.29, 1.82) is 0 Å². The number of nitrogens with one attached hydrogen (secondary N) is 2. The van der Waals surface area contributed by atoms with Crippen LogP contribution in [0.25, 0.3) is 0 Å². The van der Waals surface area contributed by atoms with Gasteiger partial charge in [0, 0.05) is 26.7 Å². The second-order valence-corrected chi connectivity index (χ2v) is 3.86. The highest BCUT2D eigenvalue weighted by atomic mass is 19.4. The van der Waals surface area contributed by atoms with E-state index in [0.29, 0.717) is 19.7 Å². The minimum atomic E-state index is -4.37. The Kier molecular flexibility index (Phi) is 8.69. The van der Waals surface area contributed by atoms with Gasteiger partial charge in [0.2, 0.25) is 5.91 Å². The average Bonchev–Trinajstić information content (AvgIpc) is 2.28. The van der Waals surface area contributed by atoms with E-state index < -0.39 is 18.6 Å². The molecule has 8 heteroatoms. The summed E-state index contributed by atoms with van der Waals surface area (Å²) in [6.07, 6.45) is -4.37. The summed E-state index contributed by atoms with van der Waals surface area (Å²) >= 11 is 0. The SMILES string of the molecule is COCCN(C)CCNCC(=O)NCC(F)(F)F. The predicted octanol–water partition coefficient (Wildman–Crippen LogP) is -0.167. The highest BCUT2D eigenvalue weighted by Crippen LogP contribution is 2.11. The first-order valence-electron chi connectivity index (χ1n) is 5.57. The molecule has 0 aromatic heterocycles. The van der Waals surface area contributed by atoms with Crippen LogP contribution in [0.4, 0.5) is 13.2 Å². The Labute approximate surface area is 105 Å². The molecule has 0 fully saturated rings. The lowest BCUT2D eigenvalue weighted by Gasteiger charge is -2.16. The lowest BCUT2D eigenvalue weighted by molar-refractivity contribution is -0.137. The summed E-state index contributed by atoms with van der Waals surface area (Å²) in [5, 5.41) is 4.55. The molecule has 0 unspecified atom stereocenters. The zero-order chi connectivity index (χ0) is 14.0. The molecule has 1 amide bonds. The third kappa shape index (κ3) is 11.6. The molecule has 0 saturated heterocycles. The van der Waals surface area contributed by atoms with E-state index >= 15 is 0 Å². The summed E-state index contributed by atoms with van der Waals surface area (Å²) in [5.74, 6) is -0.660. The Morgan fingerprint density at radius 1 is 1.33 bits per heavy atom. The van der Waals surface area contributed by atoms with Crippen LogP contribution in [-0.4, -0.2) is 70.5 Å². The van der Waals surface area contributed by atoms with Gasteiger partial charge in [-0.25, -0.2) is 0 Å². The summed E-state index contributed by atoms with van der Waals surface area (Å²) in [5.41, 5.74) is 0. The van der Waals surface area contributed by atoms with Crippen LogP contribution in [0.5, 0.6) is 0 Å². The number of amides is 1. The van der Waals surface area contributed by atoms with Crippen molar-refractivity contribution in [3.63, 3.8) is 0 Å². The van der Waals surface area contributed by atoms with Crippen LogP contribution in [0, 0.1) is 0 Å². The first kappa shape index (κ1) is 17.1. The van der Waals surface area contributed by atoms with Gasteiger partial charge in [0.15, 0.2) is 0 Å². The number of rotatable bonds is 9. The number of hydrogen-bond acceptors (Lipinski definition) is 4. The normalized spacial score (nSPS) is 11.9. The lowest BCUT2D eigenvalue weighted by atomic mass is 10.4. The van der Waals surface area contributed by atoms with Gasteiger partial charge >= 0.3 is 6.18 Å². The van der Waals surface area contributed by atoms with Crippen LogP contribution in [-0.2, 0) is 9.53 Å². The number of hydrogen-bond donors (Lipinski definition) is 2. The van der Waals surface area contributed by atoms with Gasteiger partial charge in [0.05, 0.1) is 13.2 Å². The van der Waals surface area contributed by atoms with Crippen molar-refractivity contribution < 1.29 is 22.7 Å². The highest BCUT2D eigenvalue weighted by Gasteiger charge is 2.27. The zero-order valence-corrected chi connectivity index (χ0v) is 10.6. The molecule has 108 valence electrons.